The Bertz CT molecular complexity index is 1280. The molecule has 2 saturated heterocycles. The number of nitrogens with zero attached hydrogens (tertiary/aromatic N) is 7. The lowest BCUT2D eigenvalue weighted by atomic mass is 10.0. The lowest BCUT2D eigenvalue weighted by molar-refractivity contribution is -0.118. The van der Waals surface area contributed by atoms with E-state index < -0.39 is 6.61 Å². The van der Waals surface area contributed by atoms with Crippen LogP contribution in [0, 0.1) is 0 Å². The Balaban J connectivity index is 1.16. The number of benzene rings is 1. The molecule has 0 spiro atoms. The van der Waals surface area contributed by atoms with E-state index >= 15 is 0 Å². The Morgan fingerprint density at radius 1 is 1.10 bits per heavy atom. The van der Waals surface area contributed by atoms with Crippen molar-refractivity contribution in [2.75, 3.05) is 48.3 Å². The number of piperazine rings is 1. The van der Waals surface area contributed by atoms with Gasteiger partial charge in [-0.2, -0.15) is 13.9 Å². The maximum Gasteiger partial charge on any atom is 0.387 e. The van der Waals surface area contributed by atoms with E-state index in [1.165, 1.54) is 17.4 Å². The predicted molar refractivity (Wildman–Crippen MR) is 153 cm³/mol. The van der Waals surface area contributed by atoms with Gasteiger partial charge >= 0.3 is 6.61 Å². The van der Waals surface area contributed by atoms with Gasteiger partial charge in [-0.25, -0.2) is 0 Å². The predicted octanol–water partition coefficient (Wildman–Crippen LogP) is 3.54. The average molecular weight is 588 g/mol. The number of carbonyl (C=O) groups is 1. The molecule has 1 unspecified atom stereocenters. The molecule has 0 saturated carbocycles. The zero-order valence-electron chi connectivity index (χ0n) is 23.1. The van der Waals surface area contributed by atoms with Gasteiger partial charge in [0.2, 0.25) is 16.2 Å². The van der Waals surface area contributed by atoms with E-state index in [0.717, 1.165) is 50.5 Å². The number of anilines is 3. The highest BCUT2D eigenvalue weighted by molar-refractivity contribution is 7.19. The Labute approximate surface area is 241 Å². The van der Waals surface area contributed by atoms with Crippen molar-refractivity contribution in [3.05, 3.63) is 48.2 Å². The maximum absolute atomic E-state index is 13.1. The third kappa shape index (κ3) is 8.05. The quantitative estimate of drug-likeness (QED) is 0.346. The van der Waals surface area contributed by atoms with E-state index in [1.807, 2.05) is 18.2 Å². The zero-order valence-corrected chi connectivity index (χ0v) is 23.9. The van der Waals surface area contributed by atoms with Crippen molar-refractivity contribution in [1.82, 2.24) is 30.2 Å². The highest BCUT2D eigenvalue weighted by Crippen LogP contribution is 2.26. The normalized spacial score (nSPS) is 20.1. The van der Waals surface area contributed by atoms with Gasteiger partial charge in [0.1, 0.15) is 5.75 Å². The molecular weight excluding hydrogens is 552 g/mol. The van der Waals surface area contributed by atoms with Crippen LogP contribution in [0.15, 0.2) is 42.6 Å². The molecule has 2 aliphatic rings. The van der Waals surface area contributed by atoms with Crippen LogP contribution in [0.1, 0.15) is 32.3 Å². The minimum atomic E-state index is -2.87. The van der Waals surface area contributed by atoms with Crippen molar-refractivity contribution in [3.8, 4) is 5.75 Å². The average Bonchev–Trinajstić information content (AvgIpc) is 3.59. The fourth-order valence-electron chi connectivity index (χ4n) is 5.28. The van der Waals surface area contributed by atoms with E-state index in [0.29, 0.717) is 22.8 Å². The molecular formula is C27H35F2N9O2S. The molecule has 2 aliphatic heterocycles. The second kappa shape index (κ2) is 13.4. The number of nitrogens with one attached hydrogen (secondary N) is 2. The molecule has 41 heavy (non-hydrogen) atoms. The topological polar surface area (TPSA) is 112 Å². The largest absolute Gasteiger partial charge is 0.435 e. The summed E-state index contributed by atoms with van der Waals surface area (Å²) in [6.07, 6.45) is 2.86. The molecule has 0 bridgehead atoms. The number of ether oxygens (including phenoxy) is 1. The summed E-state index contributed by atoms with van der Waals surface area (Å²) < 4.78 is 30.0. The van der Waals surface area contributed by atoms with Gasteiger partial charge in [-0.1, -0.05) is 23.5 Å². The molecule has 2 atom stereocenters. The minimum Gasteiger partial charge on any atom is -0.435 e. The monoisotopic (exact) mass is 587 g/mol. The summed E-state index contributed by atoms with van der Waals surface area (Å²) in [4.78, 5) is 19.9. The summed E-state index contributed by atoms with van der Waals surface area (Å²) in [5.74, 6) is 0.842. The summed E-state index contributed by atoms with van der Waals surface area (Å²) in [6.45, 7) is 5.95. The zero-order chi connectivity index (χ0) is 28.8. The minimum absolute atomic E-state index is 0.0538. The smallest absolute Gasteiger partial charge is 0.387 e. The first-order valence-corrected chi connectivity index (χ1v) is 14.6. The van der Waals surface area contributed by atoms with Crippen molar-refractivity contribution >= 4 is 33.3 Å². The van der Waals surface area contributed by atoms with Gasteiger partial charge in [0.05, 0.1) is 0 Å². The summed E-state index contributed by atoms with van der Waals surface area (Å²) in [6, 6.07) is 11.0. The van der Waals surface area contributed by atoms with E-state index in [2.05, 4.69) is 64.3 Å². The summed E-state index contributed by atoms with van der Waals surface area (Å²) in [5, 5.41) is 24.0. The molecule has 0 radical (unpaired) electrons. The Morgan fingerprint density at radius 2 is 1.95 bits per heavy atom. The van der Waals surface area contributed by atoms with Crippen LogP contribution in [0.3, 0.4) is 0 Å². The molecule has 220 valence electrons. The van der Waals surface area contributed by atoms with Crippen molar-refractivity contribution < 1.29 is 18.3 Å². The number of alkyl halides is 2. The molecule has 2 fully saturated rings. The van der Waals surface area contributed by atoms with Crippen LogP contribution < -0.4 is 20.3 Å². The summed E-state index contributed by atoms with van der Waals surface area (Å²) in [7, 11) is 0. The van der Waals surface area contributed by atoms with Gasteiger partial charge in [0.15, 0.2) is 5.82 Å². The molecule has 1 amide bonds. The summed E-state index contributed by atoms with van der Waals surface area (Å²) in [5.41, 5.74) is 0.858. The first-order valence-electron chi connectivity index (χ1n) is 13.8. The lowest BCUT2D eigenvalue weighted by Crippen LogP contribution is -2.55. The highest BCUT2D eigenvalue weighted by Gasteiger charge is 2.30. The third-order valence-electron chi connectivity index (χ3n) is 7.37. The summed E-state index contributed by atoms with van der Waals surface area (Å²) >= 11 is 1.31. The van der Waals surface area contributed by atoms with Crippen LogP contribution >= 0.6 is 11.3 Å². The molecule has 2 N–H and O–H groups in total. The fourth-order valence-corrected chi connectivity index (χ4v) is 6.02. The van der Waals surface area contributed by atoms with Crippen LogP contribution in [0.5, 0.6) is 5.75 Å². The fraction of sp³-hybridized carbons (Fsp3) is 0.519. The van der Waals surface area contributed by atoms with Gasteiger partial charge in [0, 0.05) is 70.0 Å². The van der Waals surface area contributed by atoms with Crippen molar-refractivity contribution in [2.24, 2.45) is 0 Å². The van der Waals surface area contributed by atoms with Gasteiger partial charge in [0.25, 0.3) is 0 Å². The van der Waals surface area contributed by atoms with Gasteiger partial charge in [-0.15, -0.1) is 15.3 Å². The van der Waals surface area contributed by atoms with Crippen molar-refractivity contribution in [2.45, 2.75) is 58.0 Å². The number of hydrogen-bond donors (Lipinski definition) is 2. The van der Waals surface area contributed by atoms with Crippen LogP contribution in [-0.2, 0) is 11.3 Å². The molecule has 0 aliphatic carbocycles. The van der Waals surface area contributed by atoms with Gasteiger partial charge in [-0.05, 0) is 50.1 Å². The van der Waals surface area contributed by atoms with Crippen LogP contribution in [0.4, 0.5) is 24.9 Å². The number of rotatable bonds is 11. The van der Waals surface area contributed by atoms with E-state index in [-0.39, 0.29) is 30.2 Å². The molecule has 5 rings (SSSR count). The number of halogens is 2. The number of carbonyl (C=O) groups excluding carboxylic acids is 1. The molecule has 2 aromatic heterocycles. The highest BCUT2D eigenvalue weighted by atomic mass is 32.1. The van der Waals surface area contributed by atoms with Crippen LogP contribution in [0.2, 0.25) is 0 Å². The lowest BCUT2D eigenvalue weighted by Gasteiger charge is -2.43. The molecule has 3 aromatic rings. The maximum atomic E-state index is 13.1. The SMILES string of the molecule is CC(C)N1CCN(Cc2cccc(OC(F)F)c2)C(CC(=O)Nc2nnc(N[C@@H]3CCN(c4cccnn4)C3)s2)C1. The molecule has 14 heteroatoms. The van der Waals surface area contributed by atoms with Crippen LogP contribution in [0.25, 0.3) is 0 Å². The second-order valence-corrected chi connectivity index (χ2v) is 11.5. The number of hydrogen-bond acceptors (Lipinski definition) is 11. The van der Waals surface area contributed by atoms with Crippen molar-refractivity contribution in [1.29, 1.82) is 0 Å². The first-order chi connectivity index (χ1) is 19.8. The Morgan fingerprint density at radius 3 is 2.73 bits per heavy atom. The molecule has 1 aromatic carbocycles. The van der Waals surface area contributed by atoms with E-state index in [9.17, 15) is 13.6 Å². The van der Waals surface area contributed by atoms with Gasteiger partial charge in [-0.3, -0.25) is 14.6 Å². The van der Waals surface area contributed by atoms with E-state index in [4.69, 9.17) is 0 Å². The Kier molecular flexibility index (Phi) is 9.52. The Hall–Kier alpha value is -3.49. The second-order valence-electron chi connectivity index (χ2n) is 10.6. The third-order valence-corrected chi connectivity index (χ3v) is 8.14. The molecule has 11 nitrogen and oxygen atoms in total. The standard InChI is InChI=1S/C27H35F2N9O2S/c1-18(2)36-11-12-37(15-19-5-3-6-22(13-19)40-25(28)29)21(17-36)14-24(39)32-27-35-34-26(41-27)31-20-8-10-38(16-20)23-7-4-9-30-33-23/h3-7,9,13,18,20-21,25H,8,10-12,14-17H2,1-2H3,(H,31,34)(H,32,35,39)/t20-,21?/m1/s1. The number of amides is 1. The molecule has 4 heterocycles. The van der Waals surface area contributed by atoms with Crippen LogP contribution in [-0.4, -0.2) is 93.6 Å². The van der Waals surface area contributed by atoms with Gasteiger partial charge < -0.3 is 20.3 Å². The van der Waals surface area contributed by atoms with Crippen molar-refractivity contribution in [3.63, 3.8) is 0 Å². The first kappa shape index (κ1) is 29.0. The van der Waals surface area contributed by atoms with E-state index in [1.54, 1.807) is 18.3 Å². The number of aromatic nitrogens is 4.